The first kappa shape index (κ1) is 15.4. The van der Waals surface area contributed by atoms with Gasteiger partial charge in [-0.05, 0) is 50.0 Å². The van der Waals surface area contributed by atoms with Crippen molar-refractivity contribution in [2.24, 2.45) is 5.73 Å². The van der Waals surface area contributed by atoms with Crippen molar-refractivity contribution in [3.8, 4) is 0 Å². The van der Waals surface area contributed by atoms with Gasteiger partial charge >= 0.3 is 11.9 Å². The van der Waals surface area contributed by atoms with E-state index < -0.39 is 24.8 Å². The number of carboxylic acids is 2. The number of aromatic nitrogens is 1. The molecule has 1 aliphatic rings. The molecule has 1 aliphatic carbocycles. The molecule has 8 nitrogen and oxygen atoms in total. The first-order chi connectivity index (χ1) is 13.5. The molecule has 0 aliphatic heterocycles. The highest BCUT2D eigenvalue weighted by Gasteiger charge is 2.21. The quantitative estimate of drug-likeness (QED) is 0.540. The van der Waals surface area contributed by atoms with E-state index in [0.717, 1.165) is 35.0 Å². The fourth-order valence-corrected chi connectivity index (χ4v) is 2.91. The first-order valence-corrected chi connectivity index (χ1v) is 8.11. The van der Waals surface area contributed by atoms with Crippen molar-refractivity contribution in [2.45, 2.75) is 38.1 Å². The molecule has 26 heavy (non-hydrogen) atoms. The maximum absolute atomic E-state index is 11.3. The van der Waals surface area contributed by atoms with Gasteiger partial charge in [0.05, 0.1) is 12.8 Å². The number of primary amides is 1. The number of aromatic amines is 1. The summed E-state index contributed by atoms with van der Waals surface area (Å²) in [5.74, 6) is -2.61. The predicted octanol–water partition coefficient (Wildman–Crippen LogP) is 1.28. The van der Waals surface area contributed by atoms with Gasteiger partial charge < -0.3 is 26.2 Å². The van der Waals surface area contributed by atoms with Crippen LogP contribution in [0.5, 0.6) is 0 Å². The van der Waals surface area contributed by atoms with Gasteiger partial charge in [0.1, 0.15) is 0 Å². The number of carbonyl (C=O) groups excluding carboxylic acids is 1. The lowest BCUT2D eigenvalue weighted by molar-refractivity contribution is -0.143. The first-order valence-electron chi connectivity index (χ1n) is 9.61. The number of fused-ring (bicyclic) bond motifs is 3. The number of carbonyl (C=O) groups is 3. The van der Waals surface area contributed by atoms with Gasteiger partial charge in [-0.1, -0.05) is 0 Å². The number of benzene rings is 1. The van der Waals surface area contributed by atoms with Crippen LogP contribution in [0.2, 0.25) is 0 Å². The maximum atomic E-state index is 11.3. The summed E-state index contributed by atoms with van der Waals surface area (Å²) < 4.78 is 22.0. The number of H-pyrrole nitrogens is 1. The van der Waals surface area contributed by atoms with E-state index in [2.05, 4.69) is 10.3 Å². The molecular weight excluding hydrogens is 338 g/mol. The minimum atomic E-state index is -2.13. The Bertz CT molecular complexity index is 909. The Morgan fingerprint density at radius 2 is 2.00 bits per heavy atom. The summed E-state index contributed by atoms with van der Waals surface area (Å²) in [7, 11) is 0. The van der Waals surface area contributed by atoms with E-state index in [1.807, 2.05) is 6.07 Å². The number of likely N-dealkylation sites (N-methyl/N-ethyl adjacent to an activating group) is 1. The smallest absolute Gasteiger partial charge is 0.303 e. The fraction of sp³-hybridized carbons (Fsp3) is 0.389. The van der Waals surface area contributed by atoms with Crippen LogP contribution in [0.3, 0.4) is 0 Å². The topological polar surface area (TPSA) is 146 Å². The summed E-state index contributed by atoms with van der Waals surface area (Å²) in [5.41, 5.74) is 8.95. The average molecular weight is 364 g/mol. The van der Waals surface area contributed by atoms with Gasteiger partial charge in [0.15, 0.2) is 0 Å². The van der Waals surface area contributed by atoms with Crippen molar-refractivity contribution in [2.75, 3.05) is 6.98 Å². The molecule has 140 valence electrons. The molecule has 0 fully saturated rings. The molecule has 3 rings (SSSR count). The van der Waals surface area contributed by atoms with E-state index >= 15 is 0 Å². The summed E-state index contributed by atoms with van der Waals surface area (Å²) in [5, 5.41) is 19.4. The monoisotopic (exact) mass is 364 g/mol. The molecule has 0 saturated heterocycles. The number of aryl methyl sites for hydroxylation is 1. The maximum Gasteiger partial charge on any atom is 0.303 e. The Kier molecular flexibility index (Phi) is 5.02. The van der Waals surface area contributed by atoms with E-state index in [4.69, 9.17) is 20.1 Å². The van der Waals surface area contributed by atoms with Gasteiger partial charge in [-0.25, -0.2) is 0 Å². The molecule has 6 N–H and O–H groups in total. The molecule has 0 unspecified atom stereocenters. The van der Waals surface area contributed by atoms with E-state index in [9.17, 15) is 14.4 Å². The molecule has 1 aromatic heterocycles. The summed E-state index contributed by atoms with van der Waals surface area (Å²) in [4.78, 5) is 33.9. The highest BCUT2D eigenvalue weighted by Crippen LogP contribution is 2.29. The third kappa shape index (κ3) is 4.82. The van der Waals surface area contributed by atoms with Gasteiger partial charge in [0, 0.05) is 32.3 Å². The molecule has 2 aromatic rings. The minimum absolute atomic E-state index is 0.0822. The lowest BCUT2D eigenvalue weighted by Crippen LogP contribution is -2.31. The second-order valence-electron chi connectivity index (χ2n) is 6.08. The Morgan fingerprint density at radius 1 is 1.31 bits per heavy atom. The van der Waals surface area contributed by atoms with Gasteiger partial charge in [0.25, 0.3) is 0 Å². The van der Waals surface area contributed by atoms with Crippen molar-refractivity contribution in [1.82, 2.24) is 10.3 Å². The predicted molar refractivity (Wildman–Crippen MR) is 96.2 cm³/mol. The number of hydrogen-bond donors (Lipinski definition) is 5. The van der Waals surface area contributed by atoms with Gasteiger partial charge in [-0.2, -0.15) is 0 Å². The third-order valence-electron chi connectivity index (χ3n) is 4.23. The number of nitrogens with two attached hydrogens (primary N) is 1. The van der Waals surface area contributed by atoms with Crippen LogP contribution in [0, 0.1) is 0 Å². The van der Waals surface area contributed by atoms with Crippen LogP contribution in [-0.4, -0.2) is 46.1 Å². The lowest BCUT2D eigenvalue weighted by Gasteiger charge is -2.21. The number of carboxylic acid groups (broad SMARTS) is 2. The molecule has 1 aromatic carbocycles. The zero-order chi connectivity index (χ0) is 21.8. The van der Waals surface area contributed by atoms with Crippen molar-refractivity contribution in [3.05, 3.63) is 35.0 Å². The molecule has 8 heteroatoms. The van der Waals surface area contributed by atoms with Crippen LogP contribution in [0.15, 0.2) is 18.2 Å². The van der Waals surface area contributed by atoms with Gasteiger partial charge in [0.2, 0.25) is 5.91 Å². The zero-order valence-electron chi connectivity index (χ0n) is 17.0. The Balaban J connectivity index is 0.000000321. The number of rotatable bonds is 5. The zero-order valence-corrected chi connectivity index (χ0v) is 14.0. The van der Waals surface area contributed by atoms with Crippen LogP contribution in [0.1, 0.15) is 45.0 Å². The van der Waals surface area contributed by atoms with Gasteiger partial charge in [-0.15, -0.1) is 0 Å². The van der Waals surface area contributed by atoms with Crippen LogP contribution < -0.4 is 11.1 Å². The van der Waals surface area contributed by atoms with Crippen LogP contribution in [-0.2, 0) is 22.4 Å². The molecule has 0 saturated carbocycles. The average Bonchev–Trinajstić information content (AvgIpc) is 2.96. The summed E-state index contributed by atoms with van der Waals surface area (Å²) >= 11 is 0. The molecular formula is C18H23N3O5. The largest absolute Gasteiger partial charge is 0.481 e. The molecule has 1 heterocycles. The van der Waals surface area contributed by atoms with Crippen LogP contribution in [0.25, 0.3) is 10.9 Å². The van der Waals surface area contributed by atoms with Crippen molar-refractivity contribution in [1.29, 1.82) is 0 Å². The standard InChI is InChI=1S/C14H17N3O.C4H6O4/c1-16-9-3-5-13-11(7-9)10-6-8(14(15)18)2-4-12(10)17-13;5-3(6)1-2-4(7)8/h2,4,6,9,16-17H,3,5,7H2,1H3,(H2,15,18);1-2H2,(H,5,6)(H,7,8)/t9-;/m1./s1/i1D3;. The fourth-order valence-electron chi connectivity index (χ4n) is 2.91. The van der Waals surface area contributed by atoms with E-state index in [1.54, 1.807) is 12.1 Å². The number of amides is 1. The second kappa shape index (κ2) is 8.48. The molecule has 1 atom stereocenters. The molecule has 0 bridgehead atoms. The lowest BCUT2D eigenvalue weighted by atomic mass is 9.91. The molecule has 1 amide bonds. The number of hydrogen-bond acceptors (Lipinski definition) is 4. The molecule has 0 spiro atoms. The summed E-state index contributed by atoms with van der Waals surface area (Å²) in [6, 6.07) is 5.25. The molecule has 0 radical (unpaired) electrons. The van der Waals surface area contributed by atoms with Crippen molar-refractivity contribution >= 4 is 28.7 Å². The highest BCUT2D eigenvalue weighted by atomic mass is 16.4. The SMILES string of the molecule is O=C(O)CCC(=O)O.[2H]C([2H])([2H])N[C@@H]1CCc2[nH]c3ccc(C(N)=O)cc3c2C1. The van der Waals surface area contributed by atoms with Crippen LogP contribution in [0.4, 0.5) is 0 Å². The summed E-state index contributed by atoms with van der Waals surface area (Å²) in [6.45, 7) is -2.13. The second-order valence-corrected chi connectivity index (χ2v) is 6.08. The Morgan fingerprint density at radius 3 is 2.58 bits per heavy atom. The van der Waals surface area contributed by atoms with Crippen LogP contribution >= 0.6 is 0 Å². The Hall–Kier alpha value is -2.87. The summed E-state index contributed by atoms with van der Waals surface area (Å²) in [6.07, 6.45) is 1.62. The highest BCUT2D eigenvalue weighted by molar-refractivity contribution is 5.98. The van der Waals surface area contributed by atoms with E-state index in [1.165, 1.54) is 0 Å². The normalized spacial score (nSPS) is 17.8. The van der Waals surface area contributed by atoms with Crippen molar-refractivity contribution in [3.63, 3.8) is 0 Å². The van der Waals surface area contributed by atoms with Gasteiger partial charge in [-0.3, -0.25) is 14.4 Å². The van der Waals surface area contributed by atoms with E-state index in [0.29, 0.717) is 12.0 Å². The third-order valence-corrected chi connectivity index (χ3v) is 4.23. The van der Waals surface area contributed by atoms with E-state index in [-0.39, 0.29) is 18.9 Å². The minimum Gasteiger partial charge on any atom is -0.481 e. The Labute approximate surface area is 154 Å². The van der Waals surface area contributed by atoms with Crippen molar-refractivity contribution < 1.29 is 28.7 Å². The number of aliphatic carboxylic acids is 2. The number of nitrogens with one attached hydrogen (secondary N) is 2.